The monoisotopic (exact) mass is 425 g/mol. The summed E-state index contributed by atoms with van der Waals surface area (Å²) in [6.45, 7) is 6.25. The van der Waals surface area contributed by atoms with Crippen molar-refractivity contribution < 1.29 is 8.78 Å². The zero-order valence-electron chi connectivity index (χ0n) is 17.8. The van der Waals surface area contributed by atoms with Crippen LogP contribution in [0.1, 0.15) is 51.4 Å². The van der Waals surface area contributed by atoms with Crippen molar-refractivity contribution in [3.8, 4) is 11.1 Å². The molecule has 4 aromatic heterocycles. The lowest BCUT2D eigenvalue weighted by atomic mass is 9.92. The number of fused-ring (bicyclic) bond motifs is 2. The molecule has 0 unspecified atom stereocenters. The fraction of sp³-hybridized carbons (Fsp3) is 0.455. The average Bonchev–Trinajstić information content (AvgIpc) is 3.28. The van der Waals surface area contributed by atoms with E-state index in [1.54, 1.807) is 10.7 Å². The van der Waals surface area contributed by atoms with Crippen LogP contribution in [0.5, 0.6) is 0 Å². The number of hydrogen-bond donors (Lipinski definition) is 1. The van der Waals surface area contributed by atoms with Gasteiger partial charge in [-0.1, -0.05) is 0 Å². The maximum absolute atomic E-state index is 13.4. The van der Waals surface area contributed by atoms with Gasteiger partial charge in [-0.05, 0) is 45.7 Å². The van der Waals surface area contributed by atoms with Crippen molar-refractivity contribution in [2.24, 2.45) is 0 Å². The van der Waals surface area contributed by atoms with E-state index in [4.69, 9.17) is 0 Å². The summed E-state index contributed by atoms with van der Waals surface area (Å²) in [6, 6.07) is 4.34. The molecular weight excluding hydrogens is 400 g/mol. The Morgan fingerprint density at radius 2 is 1.90 bits per heavy atom. The van der Waals surface area contributed by atoms with Gasteiger partial charge in [0.1, 0.15) is 5.82 Å². The molecular formula is C22H25F2N7. The zero-order chi connectivity index (χ0) is 21.8. The topological polar surface area (TPSA) is 72.9 Å². The maximum Gasteiger partial charge on any atom is 0.248 e. The number of nitrogens with zero attached hydrogens (tertiary/aromatic N) is 6. The summed E-state index contributed by atoms with van der Waals surface area (Å²) in [5.41, 5.74) is 4.54. The molecule has 162 valence electrons. The number of pyridine rings is 1. The number of imidazole rings is 1. The van der Waals surface area contributed by atoms with Crippen molar-refractivity contribution >= 4 is 22.6 Å². The molecule has 9 heteroatoms. The second-order valence-corrected chi connectivity index (χ2v) is 8.61. The van der Waals surface area contributed by atoms with E-state index in [2.05, 4.69) is 49.8 Å². The van der Waals surface area contributed by atoms with Gasteiger partial charge in [0, 0.05) is 48.4 Å². The van der Waals surface area contributed by atoms with Gasteiger partial charge in [0.05, 0.1) is 17.2 Å². The lowest BCUT2D eigenvalue weighted by Crippen LogP contribution is -2.32. The Morgan fingerprint density at radius 1 is 1.13 bits per heavy atom. The normalized spacial score (nSPS) is 17.1. The lowest BCUT2D eigenvalue weighted by molar-refractivity contribution is -0.0361. The summed E-state index contributed by atoms with van der Waals surface area (Å²) in [5, 5.41) is 7.74. The van der Waals surface area contributed by atoms with Gasteiger partial charge in [0.2, 0.25) is 11.9 Å². The van der Waals surface area contributed by atoms with Crippen LogP contribution in [0.2, 0.25) is 0 Å². The Labute approximate surface area is 178 Å². The van der Waals surface area contributed by atoms with Gasteiger partial charge in [0.25, 0.3) is 0 Å². The van der Waals surface area contributed by atoms with Crippen molar-refractivity contribution in [2.45, 2.75) is 64.5 Å². The Hall–Kier alpha value is -3.10. The molecule has 1 fully saturated rings. The molecule has 1 aliphatic carbocycles. The lowest BCUT2D eigenvalue weighted by Gasteiger charge is -2.28. The molecule has 31 heavy (non-hydrogen) atoms. The molecule has 5 rings (SSSR count). The number of halogens is 2. The smallest absolute Gasteiger partial charge is 0.248 e. The van der Waals surface area contributed by atoms with Crippen LogP contribution in [-0.2, 0) is 0 Å². The minimum Gasteiger partial charge on any atom is -0.350 e. The number of aryl methyl sites for hydroxylation is 1. The van der Waals surface area contributed by atoms with Crippen LogP contribution in [0, 0.1) is 6.92 Å². The zero-order valence-corrected chi connectivity index (χ0v) is 17.8. The van der Waals surface area contributed by atoms with Gasteiger partial charge in [-0.25, -0.2) is 28.2 Å². The highest BCUT2D eigenvalue weighted by Crippen LogP contribution is 2.34. The highest BCUT2D eigenvalue weighted by molar-refractivity contribution is 5.85. The van der Waals surface area contributed by atoms with Crippen LogP contribution in [0.15, 0.2) is 30.7 Å². The largest absolute Gasteiger partial charge is 0.350 e. The predicted molar refractivity (Wildman–Crippen MR) is 115 cm³/mol. The molecule has 1 saturated carbocycles. The quantitative estimate of drug-likeness (QED) is 0.497. The third-order valence-corrected chi connectivity index (χ3v) is 6.02. The van der Waals surface area contributed by atoms with E-state index in [-0.39, 0.29) is 24.9 Å². The highest BCUT2D eigenvalue weighted by Gasteiger charge is 2.35. The fourth-order valence-electron chi connectivity index (χ4n) is 4.47. The molecule has 0 saturated heterocycles. The maximum atomic E-state index is 13.4. The van der Waals surface area contributed by atoms with E-state index in [0.29, 0.717) is 18.8 Å². The Bertz CT molecular complexity index is 1250. The van der Waals surface area contributed by atoms with Crippen molar-refractivity contribution in [2.75, 3.05) is 5.32 Å². The van der Waals surface area contributed by atoms with Crippen LogP contribution < -0.4 is 5.32 Å². The molecule has 7 nitrogen and oxygen atoms in total. The third-order valence-electron chi connectivity index (χ3n) is 6.02. The molecule has 0 bridgehead atoms. The summed E-state index contributed by atoms with van der Waals surface area (Å²) in [7, 11) is 0. The summed E-state index contributed by atoms with van der Waals surface area (Å²) < 4.78 is 30.7. The van der Waals surface area contributed by atoms with Crippen molar-refractivity contribution in [1.29, 1.82) is 0 Å². The molecule has 0 aliphatic heterocycles. The average molecular weight is 425 g/mol. The third kappa shape index (κ3) is 3.62. The van der Waals surface area contributed by atoms with E-state index < -0.39 is 5.92 Å². The second-order valence-electron chi connectivity index (χ2n) is 8.61. The van der Waals surface area contributed by atoms with E-state index >= 15 is 0 Å². The van der Waals surface area contributed by atoms with E-state index in [0.717, 1.165) is 33.6 Å². The highest BCUT2D eigenvalue weighted by atomic mass is 19.3. The van der Waals surface area contributed by atoms with Crippen molar-refractivity contribution in [3.63, 3.8) is 0 Å². The standard InChI is InChI=1S/C22H25F2N7/c1-13(2)31-14(3)27-20-18(31)10-15(11-25-20)17-6-9-30-19(17)12-26-21(29-30)28-16-4-7-22(23,24)8-5-16/h6,9-13,16H,4-5,7-8H2,1-3H3,(H,28,29). The summed E-state index contributed by atoms with van der Waals surface area (Å²) in [5.74, 6) is -1.15. The first-order valence-corrected chi connectivity index (χ1v) is 10.6. The minimum absolute atomic E-state index is 0.0294. The van der Waals surface area contributed by atoms with Crippen LogP contribution in [-0.4, -0.2) is 41.1 Å². The Morgan fingerprint density at radius 3 is 2.65 bits per heavy atom. The number of alkyl halides is 2. The second kappa shape index (κ2) is 7.25. The number of hydrogen-bond acceptors (Lipinski definition) is 5. The van der Waals surface area contributed by atoms with Crippen LogP contribution in [0.3, 0.4) is 0 Å². The van der Waals surface area contributed by atoms with Crippen LogP contribution >= 0.6 is 0 Å². The first kappa shape index (κ1) is 19.8. The molecule has 4 aromatic rings. The molecule has 1 N–H and O–H groups in total. The minimum atomic E-state index is -2.54. The molecule has 1 aliphatic rings. The SMILES string of the molecule is Cc1nc2ncc(-c3ccn4nc(NC5CCC(F)(F)CC5)ncc34)cc2n1C(C)C. The van der Waals surface area contributed by atoms with E-state index in [1.165, 1.54) is 0 Å². The van der Waals surface area contributed by atoms with Crippen LogP contribution in [0.25, 0.3) is 27.8 Å². The Kier molecular flexibility index (Phi) is 4.64. The summed E-state index contributed by atoms with van der Waals surface area (Å²) >= 11 is 0. The fourth-order valence-corrected chi connectivity index (χ4v) is 4.47. The first-order chi connectivity index (χ1) is 14.8. The number of rotatable bonds is 4. The van der Waals surface area contributed by atoms with Gasteiger partial charge in [-0.15, -0.1) is 5.10 Å². The molecule has 0 amide bonds. The van der Waals surface area contributed by atoms with Gasteiger partial charge in [-0.3, -0.25) is 0 Å². The summed E-state index contributed by atoms with van der Waals surface area (Å²) in [6.07, 6.45) is 6.10. The molecule has 0 aromatic carbocycles. The molecule has 4 heterocycles. The van der Waals surface area contributed by atoms with Crippen LogP contribution in [0.4, 0.5) is 14.7 Å². The predicted octanol–water partition coefficient (Wildman–Crippen LogP) is 5.02. The number of nitrogens with one attached hydrogen (secondary N) is 1. The first-order valence-electron chi connectivity index (χ1n) is 10.6. The van der Waals surface area contributed by atoms with Gasteiger partial charge in [-0.2, -0.15) is 0 Å². The van der Waals surface area contributed by atoms with E-state index in [9.17, 15) is 8.78 Å². The molecule has 0 radical (unpaired) electrons. The summed E-state index contributed by atoms with van der Waals surface area (Å²) in [4.78, 5) is 13.6. The van der Waals surface area contributed by atoms with Crippen molar-refractivity contribution in [1.82, 2.24) is 29.1 Å². The molecule has 0 atom stereocenters. The Balaban J connectivity index is 1.44. The van der Waals surface area contributed by atoms with Crippen molar-refractivity contribution in [3.05, 3.63) is 36.5 Å². The van der Waals surface area contributed by atoms with E-state index in [1.807, 2.05) is 25.4 Å². The number of anilines is 1. The molecule has 0 spiro atoms. The van der Waals surface area contributed by atoms with Gasteiger partial charge >= 0.3 is 0 Å². The van der Waals surface area contributed by atoms with Gasteiger partial charge in [0.15, 0.2) is 5.65 Å². The number of aromatic nitrogens is 6. The van der Waals surface area contributed by atoms with Gasteiger partial charge < -0.3 is 9.88 Å².